The van der Waals surface area contributed by atoms with Crippen LogP contribution in [0.5, 0.6) is 5.75 Å². The molecule has 0 saturated carbocycles. The van der Waals surface area contributed by atoms with E-state index in [2.05, 4.69) is 0 Å². The van der Waals surface area contributed by atoms with Crippen LogP contribution in [0.1, 0.15) is 16.7 Å². The summed E-state index contributed by atoms with van der Waals surface area (Å²) in [7, 11) is 1.54. The fraction of sp³-hybridized carbons (Fsp3) is 0.158. The predicted octanol–water partition coefficient (Wildman–Crippen LogP) is 4.89. The zero-order valence-corrected chi connectivity index (χ0v) is 15.4. The monoisotopic (exact) mass is 373 g/mol. The Balaban J connectivity index is 1.80. The molecular weight excluding hydrogens is 358 g/mol. The van der Waals surface area contributed by atoms with Gasteiger partial charge in [-0.05, 0) is 48.0 Å². The largest absolute Gasteiger partial charge is 0.495 e. The average molecular weight is 374 g/mol. The minimum Gasteiger partial charge on any atom is -0.495 e. The molecule has 4 nitrogen and oxygen atoms in total. The Hall–Kier alpha value is -2.24. The van der Waals surface area contributed by atoms with Gasteiger partial charge < -0.3 is 4.74 Å². The van der Waals surface area contributed by atoms with Crippen molar-refractivity contribution in [2.24, 2.45) is 0 Å². The summed E-state index contributed by atoms with van der Waals surface area (Å²) in [5.74, 6) is 0.272. The average Bonchev–Trinajstić information content (AvgIpc) is 2.84. The van der Waals surface area contributed by atoms with Gasteiger partial charge in [0.1, 0.15) is 5.75 Å². The number of carbonyl (C=O) groups excluding carboxylic acids is 2. The predicted molar refractivity (Wildman–Crippen MR) is 101 cm³/mol. The van der Waals surface area contributed by atoms with Crippen molar-refractivity contribution in [1.29, 1.82) is 0 Å². The Morgan fingerprint density at radius 3 is 2.52 bits per heavy atom. The molecule has 1 aliphatic heterocycles. The lowest BCUT2D eigenvalue weighted by Crippen LogP contribution is -2.27. The highest BCUT2D eigenvalue weighted by molar-refractivity contribution is 8.18. The normalized spacial score (nSPS) is 16.0. The number of ether oxygens (including phenoxy) is 1. The van der Waals surface area contributed by atoms with Gasteiger partial charge in [-0.2, -0.15) is 0 Å². The molecule has 0 radical (unpaired) electrons. The molecule has 2 aromatic rings. The zero-order chi connectivity index (χ0) is 18.0. The van der Waals surface area contributed by atoms with E-state index in [1.54, 1.807) is 24.3 Å². The van der Waals surface area contributed by atoms with Crippen molar-refractivity contribution in [2.75, 3.05) is 7.11 Å². The van der Waals surface area contributed by atoms with Crippen molar-refractivity contribution >= 4 is 40.6 Å². The van der Waals surface area contributed by atoms with Gasteiger partial charge in [0.25, 0.3) is 11.1 Å². The minimum atomic E-state index is -0.289. The number of hydrogen-bond donors (Lipinski definition) is 0. The zero-order valence-electron chi connectivity index (χ0n) is 13.8. The molecule has 6 heteroatoms. The number of imide groups is 1. The highest BCUT2D eigenvalue weighted by Crippen LogP contribution is 2.34. The first kappa shape index (κ1) is 17.6. The van der Waals surface area contributed by atoms with E-state index in [4.69, 9.17) is 16.3 Å². The second-order valence-corrected chi connectivity index (χ2v) is 7.05. The molecule has 1 heterocycles. The van der Waals surface area contributed by atoms with Crippen LogP contribution in [-0.2, 0) is 11.3 Å². The summed E-state index contributed by atoms with van der Waals surface area (Å²) >= 11 is 7.04. The first-order valence-electron chi connectivity index (χ1n) is 7.62. The van der Waals surface area contributed by atoms with Gasteiger partial charge in [0.05, 0.1) is 23.6 Å². The molecule has 0 spiro atoms. The maximum atomic E-state index is 12.6. The third-order valence-corrected chi connectivity index (χ3v) is 5.01. The topological polar surface area (TPSA) is 46.6 Å². The van der Waals surface area contributed by atoms with Crippen molar-refractivity contribution in [3.05, 3.63) is 69.1 Å². The second-order valence-electron chi connectivity index (χ2n) is 5.65. The summed E-state index contributed by atoms with van der Waals surface area (Å²) in [6.45, 7) is 2.26. The number of methoxy groups -OCH3 is 1. The van der Waals surface area contributed by atoms with Crippen molar-refractivity contribution in [1.82, 2.24) is 4.90 Å². The first-order valence-corrected chi connectivity index (χ1v) is 8.82. The van der Waals surface area contributed by atoms with Gasteiger partial charge in [-0.1, -0.05) is 47.5 Å². The maximum absolute atomic E-state index is 12.6. The van der Waals surface area contributed by atoms with E-state index in [0.717, 1.165) is 28.5 Å². The number of carbonyl (C=O) groups is 2. The number of halogens is 1. The molecule has 25 heavy (non-hydrogen) atoms. The number of aryl methyl sites for hydroxylation is 1. The number of thioether (sulfide) groups is 1. The molecule has 1 aliphatic rings. The van der Waals surface area contributed by atoms with Crippen molar-refractivity contribution in [3.63, 3.8) is 0 Å². The summed E-state index contributed by atoms with van der Waals surface area (Å²) in [4.78, 5) is 26.4. The molecular formula is C19H16ClNO3S. The van der Waals surface area contributed by atoms with E-state index in [-0.39, 0.29) is 17.7 Å². The highest BCUT2D eigenvalue weighted by atomic mass is 35.5. The van der Waals surface area contributed by atoms with Gasteiger partial charge >= 0.3 is 0 Å². The number of benzene rings is 2. The Morgan fingerprint density at radius 1 is 1.16 bits per heavy atom. The standard InChI is InChI=1S/C19H16ClNO3S/c1-12-3-5-13(6-4-12)11-21-18(22)17(25-19(21)23)10-14-7-8-16(24-2)15(20)9-14/h3-10H,11H2,1-2H3/b17-10-. The van der Waals surface area contributed by atoms with E-state index in [1.165, 1.54) is 12.0 Å². The fourth-order valence-electron chi connectivity index (χ4n) is 2.44. The molecule has 2 amide bonds. The molecule has 128 valence electrons. The van der Waals surface area contributed by atoms with Crippen LogP contribution in [0.2, 0.25) is 5.02 Å². The smallest absolute Gasteiger partial charge is 0.293 e. The van der Waals surface area contributed by atoms with Crippen LogP contribution < -0.4 is 4.74 Å². The van der Waals surface area contributed by atoms with Crippen LogP contribution in [-0.4, -0.2) is 23.2 Å². The number of nitrogens with zero attached hydrogens (tertiary/aromatic N) is 1. The van der Waals surface area contributed by atoms with E-state index in [0.29, 0.717) is 15.7 Å². The summed E-state index contributed by atoms with van der Waals surface area (Å²) in [6.07, 6.45) is 1.67. The number of amides is 2. The molecule has 3 rings (SSSR count). The second kappa shape index (κ2) is 7.33. The first-order chi connectivity index (χ1) is 12.0. The van der Waals surface area contributed by atoms with E-state index in [9.17, 15) is 9.59 Å². The molecule has 0 aliphatic carbocycles. The van der Waals surface area contributed by atoms with Crippen LogP contribution in [0.25, 0.3) is 6.08 Å². The van der Waals surface area contributed by atoms with Gasteiger partial charge in [0.15, 0.2) is 0 Å². The van der Waals surface area contributed by atoms with Crippen LogP contribution in [0, 0.1) is 6.92 Å². The van der Waals surface area contributed by atoms with Gasteiger partial charge in [0.2, 0.25) is 0 Å². The summed E-state index contributed by atoms with van der Waals surface area (Å²) in [6, 6.07) is 13.0. The Bertz CT molecular complexity index is 861. The van der Waals surface area contributed by atoms with Gasteiger partial charge in [-0.25, -0.2) is 0 Å². The molecule has 0 atom stereocenters. The lowest BCUT2D eigenvalue weighted by molar-refractivity contribution is -0.123. The molecule has 1 saturated heterocycles. The molecule has 0 bridgehead atoms. The minimum absolute atomic E-state index is 0.267. The van der Waals surface area contributed by atoms with Crippen LogP contribution >= 0.6 is 23.4 Å². The van der Waals surface area contributed by atoms with Crippen LogP contribution in [0.4, 0.5) is 4.79 Å². The lowest BCUT2D eigenvalue weighted by Gasteiger charge is -2.12. The molecule has 2 aromatic carbocycles. The summed E-state index contributed by atoms with van der Waals surface area (Å²) < 4.78 is 5.11. The Morgan fingerprint density at radius 2 is 1.88 bits per heavy atom. The third-order valence-electron chi connectivity index (χ3n) is 3.81. The quantitative estimate of drug-likeness (QED) is 0.715. The Labute approximate surface area is 155 Å². The fourth-order valence-corrected chi connectivity index (χ4v) is 3.54. The third kappa shape index (κ3) is 3.89. The van der Waals surface area contributed by atoms with Crippen LogP contribution in [0.15, 0.2) is 47.4 Å². The molecule has 0 aromatic heterocycles. The van der Waals surface area contributed by atoms with Crippen LogP contribution in [0.3, 0.4) is 0 Å². The van der Waals surface area contributed by atoms with Gasteiger partial charge in [-0.15, -0.1) is 0 Å². The summed E-state index contributed by atoms with van der Waals surface area (Å²) in [5, 5.41) is 0.187. The van der Waals surface area contributed by atoms with Gasteiger partial charge in [-0.3, -0.25) is 14.5 Å². The molecule has 0 unspecified atom stereocenters. The van der Waals surface area contributed by atoms with E-state index >= 15 is 0 Å². The van der Waals surface area contributed by atoms with Crippen molar-refractivity contribution < 1.29 is 14.3 Å². The number of rotatable bonds is 4. The SMILES string of the molecule is COc1ccc(/C=C2\SC(=O)N(Cc3ccc(C)cc3)C2=O)cc1Cl. The van der Waals surface area contributed by atoms with Crippen molar-refractivity contribution in [2.45, 2.75) is 13.5 Å². The van der Waals surface area contributed by atoms with E-state index in [1.807, 2.05) is 31.2 Å². The van der Waals surface area contributed by atoms with E-state index < -0.39 is 0 Å². The maximum Gasteiger partial charge on any atom is 0.293 e. The number of hydrogen-bond acceptors (Lipinski definition) is 4. The highest BCUT2D eigenvalue weighted by Gasteiger charge is 2.34. The molecule has 1 fully saturated rings. The summed E-state index contributed by atoms with van der Waals surface area (Å²) in [5.41, 5.74) is 2.79. The molecule has 0 N–H and O–H groups in total. The Kier molecular flexibility index (Phi) is 5.16. The van der Waals surface area contributed by atoms with Gasteiger partial charge in [0, 0.05) is 0 Å². The van der Waals surface area contributed by atoms with Crippen molar-refractivity contribution in [3.8, 4) is 5.75 Å². The lowest BCUT2D eigenvalue weighted by atomic mass is 10.1.